The second-order valence-corrected chi connectivity index (χ2v) is 6.03. The van der Waals surface area contributed by atoms with Crippen LogP contribution in [0.25, 0.3) is 22.4 Å². The number of anilines is 1. The lowest BCUT2D eigenvalue weighted by Crippen LogP contribution is -2.33. The number of imidazole rings is 1. The first-order valence-electron chi connectivity index (χ1n) is 8.27. The molecule has 4 rings (SSSR count). The maximum Gasteiger partial charge on any atom is 0.253 e. The van der Waals surface area contributed by atoms with Crippen LogP contribution >= 0.6 is 0 Å². The van der Waals surface area contributed by atoms with E-state index in [0.29, 0.717) is 6.61 Å². The Morgan fingerprint density at radius 3 is 2.92 bits per heavy atom. The van der Waals surface area contributed by atoms with Gasteiger partial charge in [0.2, 0.25) is 0 Å². The summed E-state index contributed by atoms with van der Waals surface area (Å²) in [5.41, 5.74) is 3.62. The van der Waals surface area contributed by atoms with E-state index in [9.17, 15) is 4.79 Å². The van der Waals surface area contributed by atoms with Gasteiger partial charge in [0.05, 0.1) is 11.0 Å². The van der Waals surface area contributed by atoms with Crippen LogP contribution in [0.2, 0.25) is 0 Å². The van der Waals surface area contributed by atoms with Crippen LogP contribution in [0.5, 0.6) is 0 Å². The number of amides is 1. The summed E-state index contributed by atoms with van der Waals surface area (Å²) >= 11 is 0. The molecule has 1 aliphatic heterocycles. The molecule has 1 fully saturated rings. The van der Waals surface area contributed by atoms with Crippen LogP contribution in [0.4, 0.5) is 5.69 Å². The van der Waals surface area contributed by atoms with Crippen molar-refractivity contribution in [2.45, 2.75) is 25.4 Å². The highest BCUT2D eigenvalue weighted by Gasteiger charge is 2.22. The molecule has 0 bridgehead atoms. The van der Waals surface area contributed by atoms with Crippen molar-refractivity contribution < 1.29 is 9.53 Å². The molecule has 1 unspecified atom stereocenters. The Labute approximate surface area is 140 Å². The van der Waals surface area contributed by atoms with Gasteiger partial charge in [0, 0.05) is 17.9 Å². The van der Waals surface area contributed by atoms with Crippen LogP contribution in [0.3, 0.4) is 0 Å². The average molecular weight is 321 g/mol. The molecular weight excluding hydrogens is 302 g/mol. The predicted molar refractivity (Wildman–Crippen MR) is 93.8 cm³/mol. The van der Waals surface area contributed by atoms with Crippen LogP contribution < -0.4 is 5.32 Å². The number of hydrogen-bond acceptors (Lipinski definition) is 3. The zero-order valence-electron chi connectivity index (χ0n) is 13.3. The number of carbonyl (C=O) groups is 1. The second-order valence-electron chi connectivity index (χ2n) is 6.03. The molecule has 24 heavy (non-hydrogen) atoms. The van der Waals surface area contributed by atoms with Crippen molar-refractivity contribution in [2.24, 2.45) is 0 Å². The molecule has 2 aromatic carbocycles. The molecule has 0 aliphatic carbocycles. The Bertz CT molecular complexity index is 833. The summed E-state index contributed by atoms with van der Waals surface area (Å²) in [6, 6.07) is 15.6. The van der Waals surface area contributed by atoms with Crippen molar-refractivity contribution in [2.75, 3.05) is 11.9 Å². The van der Waals surface area contributed by atoms with Gasteiger partial charge in [-0.05, 0) is 43.5 Å². The number of hydrogen-bond donors (Lipinski definition) is 2. The first kappa shape index (κ1) is 14.9. The molecule has 0 saturated carbocycles. The van der Waals surface area contributed by atoms with Gasteiger partial charge >= 0.3 is 0 Å². The quantitative estimate of drug-likeness (QED) is 0.772. The van der Waals surface area contributed by atoms with Gasteiger partial charge in [-0.1, -0.05) is 24.3 Å². The van der Waals surface area contributed by atoms with Gasteiger partial charge in [-0.3, -0.25) is 4.79 Å². The number of carbonyl (C=O) groups excluding carboxylic acids is 1. The van der Waals surface area contributed by atoms with E-state index >= 15 is 0 Å². The number of H-pyrrole nitrogens is 1. The highest BCUT2D eigenvalue weighted by molar-refractivity contribution is 5.94. The maximum atomic E-state index is 12.3. The Hall–Kier alpha value is -2.66. The van der Waals surface area contributed by atoms with Crippen LogP contribution in [0.15, 0.2) is 48.5 Å². The molecular formula is C19H19N3O2. The molecule has 0 spiro atoms. The largest absolute Gasteiger partial charge is 0.368 e. The number of para-hydroxylation sites is 2. The minimum absolute atomic E-state index is 0.0727. The third-order valence-electron chi connectivity index (χ3n) is 4.27. The number of nitrogens with one attached hydrogen (secondary N) is 2. The highest BCUT2D eigenvalue weighted by atomic mass is 16.5. The number of aromatic nitrogens is 2. The molecule has 2 N–H and O–H groups in total. The monoisotopic (exact) mass is 321 g/mol. The standard InChI is InChI=1S/C19H19N3O2/c23-19(17-10-3-4-11-24-17)20-14-7-5-6-13(12-14)18-21-15-8-1-2-9-16(15)22-18/h1-2,5-9,12,17H,3-4,10-11H2,(H,20,23)(H,21,22). The van der Waals surface area contributed by atoms with Gasteiger partial charge in [0.15, 0.2) is 0 Å². The lowest BCUT2D eigenvalue weighted by Gasteiger charge is -2.21. The average Bonchev–Trinajstić information content (AvgIpc) is 3.07. The number of fused-ring (bicyclic) bond motifs is 1. The van der Waals surface area contributed by atoms with E-state index in [2.05, 4.69) is 15.3 Å². The molecule has 122 valence electrons. The minimum Gasteiger partial charge on any atom is -0.368 e. The Morgan fingerprint density at radius 1 is 1.17 bits per heavy atom. The first-order valence-corrected chi connectivity index (χ1v) is 8.27. The fourth-order valence-electron chi connectivity index (χ4n) is 3.00. The molecule has 2 heterocycles. The second kappa shape index (κ2) is 6.45. The van der Waals surface area contributed by atoms with E-state index in [0.717, 1.165) is 47.4 Å². The Balaban J connectivity index is 1.55. The fraction of sp³-hybridized carbons (Fsp3) is 0.263. The van der Waals surface area contributed by atoms with Crippen LogP contribution in [0, 0.1) is 0 Å². The summed E-state index contributed by atoms with van der Waals surface area (Å²) in [7, 11) is 0. The number of ether oxygens (including phenoxy) is 1. The minimum atomic E-state index is -0.339. The third kappa shape index (κ3) is 3.03. The molecule has 1 saturated heterocycles. The molecule has 5 heteroatoms. The smallest absolute Gasteiger partial charge is 0.253 e. The number of benzene rings is 2. The third-order valence-corrected chi connectivity index (χ3v) is 4.27. The van der Waals surface area contributed by atoms with E-state index in [1.54, 1.807) is 0 Å². The topological polar surface area (TPSA) is 67.0 Å². The van der Waals surface area contributed by atoms with Crippen molar-refractivity contribution in [3.8, 4) is 11.4 Å². The van der Waals surface area contributed by atoms with Crippen LogP contribution in [-0.4, -0.2) is 28.6 Å². The number of nitrogens with zero attached hydrogens (tertiary/aromatic N) is 1. The number of rotatable bonds is 3. The van der Waals surface area contributed by atoms with Gasteiger partial charge in [-0.15, -0.1) is 0 Å². The SMILES string of the molecule is O=C(Nc1cccc(-c2nc3ccccc3[nH]2)c1)C1CCCCO1. The van der Waals surface area contributed by atoms with E-state index in [1.807, 2.05) is 48.5 Å². The van der Waals surface area contributed by atoms with Crippen molar-refractivity contribution in [3.63, 3.8) is 0 Å². The zero-order valence-corrected chi connectivity index (χ0v) is 13.3. The summed E-state index contributed by atoms with van der Waals surface area (Å²) in [5, 5.41) is 2.95. The summed E-state index contributed by atoms with van der Waals surface area (Å²) in [4.78, 5) is 20.2. The van der Waals surface area contributed by atoms with Crippen molar-refractivity contribution in [1.82, 2.24) is 9.97 Å². The molecule has 3 aromatic rings. The fourth-order valence-corrected chi connectivity index (χ4v) is 3.00. The summed E-state index contributed by atoms with van der Waals surface area (Å²) in [5.74, 6) is 0.720. The maximum absolute atomic E-state index is 12.3. The summed E-state index contributed by atoms with van der Waals surface area (Å²) < 4.78 is 5.54. The molecule has 0 radical (unpaired) electrons. The lowest BCUT2D eigenvalue weighted by molar-refractivity contribution is -0.129. The molecule has 1 amide bonds. The molecule has 1 aliphatic rings. The van der Waals surface area contributed by atoms with Crippen LogP contribution in [-0.2, 0) is 9.53 Å². The van der Waals surface area contributed by atoms with Crippen LogP contribution in [0.1, 0.15) is 19.3 Å². The Kier molecular flexibility index (Phi) is 4.01. The van der Waals surface area contributed by atoms with E-state index in [-0.39, 0.29) is 12.0 Å². The van der Waals surface area contributed by atoms with E-state index in [1.165, 1.54) is 0 Å². The van der Waals surface area contributed by atoms with Gasteiger partial charge in [-0.25, -0.2) is 4.98 Å². The predicted octanol–water partition coefficient (Wildman–Crippen LogP) is 3.74. The Morgan fingerprint density at radius 2 is 2.08 bits per heavy atom. The first-order chi connectivity index (χ1) is 11.8. The molecule has 1 aromatic heterocycles. The number of aromatic amines is 1. The molecule has 5 nitrogen and oxygen atoms in total. The van der Waals surface area contributed by atoms with Crippen molar-refractivity contribution in [3.05, 3.63) is 48.5 Å². The summed E-state index contributed by atoms with van der Waals surface area (Å²) in [6.45, 7) is 0.664. The highest BCUT2D eigenvalue weighted by Crippen LogP contribution is 2.23. The summed E-state index contributed by atoms with van der Waals surface area (Å²) in [6.07, 6.45) is 2.52. The lowest BCUT2D eigenvalue weighted by atomic mass is 10.1. The van der Waals surface area contributed by atoms with Gasteiger partial charge in [0.1, 0.15) is 11.9 Å². The van der Waals surface area contributed by atoms with Crippen molar-refractivity contribution in [1.29, 1.82) is 0 Å². The van der Waals surface area contributed by atoms with E-state index < -0.39 is 0 Å². The van der Waals surface area contributed by atoms with E-state index in [4.69, 9.17) is 4.74 Å². The van der Waals surface area contributed by atoms with Gasteiger partial charge in [-0.2, -0.15) is 0 Å². The van der Waals surface area contributed by atoms with Gasteiger partial charge < -0.3 is 15.0 Å². The van der Waals surface area contributed by atoms with Crippen molar-refractivity contribution >= 4 is 22.6 Å². The normalized spacial score (nSPS) is 17.8. The zero-order chi connectivity index (χ0) is 16.4. The molecule has 1 atom stereocenters. The van der Waals surface area contributed by atoms with Gasteiger partial charge in [0.25, 0.3) is 5.91 Å².